The van der Waals surface area contributed by atoms with E-state index >= 15 is 0 Å². The van der Waals surface area contributed by atoms with Crippen LogP contribution >= 0.6 is 0 Å². The highest BCUT2D eigenvalue weighted by atomic mass is 16.5. The van der Waals surface area contributed by atoms with Crippen LogP contribution in [0.5, 0.6) is 5.75 Å². The summed E-state index contributed by atoms with van der Waals surface area (Å²) in [4.78, 5) is 12.6. The molecule has 0 spiro atoms. The molecule has 2 aromatic rings. The van der Waals surface area contributed by atoms with Crippen LogP contribution in [0.4, 0.5) is 0 Å². The number of benzene rings is 2. The highest BCUT2D eigenvalue weighted by Crippen LogP contribution is 2.23. The summed E-state index contributed by atoms with van der Waals surface area (Å²) in [6.07, 6.45) is 2.18. The lowest BCUT2D eigenvalue weighted by Gasteiger charge is -2.15. The molecule has 2 rings (SSSR count). The van der Waals surface area contributed by atoms with E-state index in [1.807, 2.05) is 54.6 Å². The summed E-state index contributed by atoms with van der Waals surface area (Å²) in [5, 5.41) is 0. The van der Waals surface area contributed by atoms with Gasteiger partial charge in [-0.15, -0.1) is 0 Å². The number of hydrogen-bond donors (Lipinski definition) is 0. The molecule has 2 heteroatoms. The molecule has 0 unspecified atom stereocenters. The Bertz CT molecular complexity index is 571. The average molecular weight is 282 g/mol. The zero-order chi connectivity index (χ0) is 15.1. The molecule has 0 aliphatic rings. The van der Waals surface area contributed by atoms with Gasteiger partial charge in [0.1, 0.15) is 5.75 Å². The second-order valence-corrected chi connectivity index (χ2v) is 5.18. The van der Waals surface area contributed by atoms with Gasteiger partial charge in [-0.2, -0.15) is 0 Å². The van der Waals surface area contributed by atoms with Gasteiger partial charge in [0.2, 0.25) is 0 Å². The summed E-state index contributed by atoms with van der Waals surface area (Å²) in [6, 6.07) is 16.8. The molecule has 0 atom stereocenters. The van der Waals surface area contributed by atoms with Crippen LogP contribution in [0.3, 0.4) is 0 Å². The topological polar surface area (TPSA) is 26.3 Å². The lowest BCUT2D eigenvalue weighted by atomic mass is 10.0. The molecule has 0 aliphatic heterocycles. The molecule has 0 aromatic heterocycles. The SMILES string of the molecule is CCC(CC)COc1ccccc1C(=O)c1ccccc1. The third-order valence-electron chi connectivity index (χ3n) is 3.80. The fraction of sp³-hybridized carbons (Fsp3) is 0.316. The molecular weight excluding hydrogens is 260 g/mol. The van der Waals surface area contributed by atoms with Crippen molar-refractivity contribution >= 4 is 5.78 Å². The van der Waals surface area contributed by atoms with Gasteiger partial charge in [0.25, 0.3) is 0 Å². The fourth-order valence-electron chi connectivity index (χ4n) is 2.26. The first-order valence-corrected chi connectivity index (χ1v) is 7.57. The van der Waals surface area contributed by atoms with E-state index in [9.17, 15) is 4.79 Å². The van der Waals surface area contributed by atoms with E-state index < -0.39 is 0 Å². The molecule has 0 saturated heterocycles. The molecular formula is C19H22O2. The molecule has 0 bridgehead atoms. The zero-order valence-corrected chi connectivity index (χ0v) is 12.7. The maximum Gasteiger partial charge on any atom is 0.196 e. The lowest BCUT2D eigenvalue weighted by molar-refractivity contribution is 0.103. The fourth-order valence-corrected chi connectivity index (χ4v) is 2.26. The Morgan fingerprint density at radius 1 is 0.952 bits per heavy atom. The normalized spacial score (nSPS) is 10.6. The second kappa shape index (κ2) is 7.63. The third kappa shape index (κ3) is 3.94. The number of ether oxygens (including phenoxy) is 1. The van der Waals surface area contributed by atoms with E-state index in [1.54, 1.807) is 0 Å². The third-order valence-corrected chi connectivity index (χ3v) is 3.80. The number of carbonyl (C=O) groups is 1. The summed E-state index contributed by atoms with van der Waals surface area (Å²) >= 11 is 0. The number of ketones is 1. The Morgan fingerprint density at radius 2 is 1.57 bits per heavy atom. The summed E-state index contributed by atoms with van der Waals surface area (Å²) in [5.74, 6) is 1.22. The Kier molecular flexibility index (Phi) is 5.56. The van der Waals surface area contributed by atoms with Crippen LogP contribution < -0.4 is 4.74 Å². The molecule has 110 valence electrons. The van der Waals surface area contributed by atoms with Gasteiger partial charge >= 0.3 is 0 Å². The summed E-state index contributed by atoms with van der Waals surface area (Å²) in [5.41, 5.74) is 1.32. The molecule has 0 radical (unpaired) electrons. The summed E-state index contributed by atoms with van der Waals surface area (Å²) in [6.45, 7) is 4.99. The van der Waals surface area contributed by atoms with Crippen LogP contribution in [0.25, 0.3) is 0 Å². The number of carbonyl (C=O) groups excluding carboxylic acids is 1. The Balaban J connectivity index is 2.19. The first-order valence-electron chi connectivity index (χ1n) is 7.57. The maximum atomic E-state index is 12.6. The zero-order valence-electron chi connectivity index (χ0n) is 12.7. The van der Waals surface area contributed by atoms with E-state index in [2.05, 4.69) is 13.8 Å². The van der Waals surface area contributed by atoms with E-state index in [0.717, 1.165) is 12.8 Å². The lowest BCUT2D eigenvalue weighted by Crippen LogP contribution is -2.12. The predicted molar refractivity (Wildman–Crippen MR) is 85.9 cm³/mol. The van der Waals surface area contributed by atoms with E-state index in [-0.39, 0.29) is 5.78 Å². The van der Waals surface area contributed by atoms with Crippen molar-refractivity contribution in [2.75, 3.05) is 6.61 Å². The number of hydrogen-bond acceptors (Lipinski definition) is 2. The largest absolute Gasteiger partial charge is 0.493 e. The van der Waals surface area contributed by atoms with Crippen LogP contribution in [0.2, 0.25) is 0 Å². The van der Waals surface area contributed by atoms with E-state index in [4.69, 9.17) is 4.74 Å². The van der Waals surface area contributed by atoms with Crippen molar-refractivity contribution in [2.24, 2.45) is 5.92 Å². The monoisotopic (exact) mass is 282 g/mol. The first-order chi connectivity index (χ1) is 10.3. The van der Waals surface area contributed by atoms with Crippen molar-refractivity contribution in [1.29, 1.82) is 0 Å². The van der Waals surface area contributed by atoms with Crippen LogP contribution in [0, 0.1) is 5.92 Å². The maximum absolute atomic E-state index is 12.6. The molecule has 0 fully saturated rings. The standard InChI is InChI=1S/C19H22O2/c1-3-15(4-2)14-21-18-13-9-8-12-17(18)19(20)16-10-6-5-7-11-16/h5-13,15H,3-4,14H2,1-2H3. The van der Waals surface area contributed by atoms with Crippen molar-refractivity contribution in [3.05, 3.63) is 65.7 Å². The van der Waals surface area contributed by atoms with Crippen molar-refractivity contribution in [3.8, 4) is 5.75 Å². The van der Waals surface area contributed by atoms with Crippen molar-refractivity contribution in [1.82, 2.24) is 0 Å². The van der Waals surface area contributed by atoms with Crippen molar-refractivity contribution < 1.29 is 9.53 Å². The molecule has 2 aromatic carbocycles. The van der Waals surface area contributed by atoms with Gasteiger partial charge in [-0.05, 0) is 18.1 Å². The minimum atomic E-state index is 0.00995. The van der Waals surface area contributed by atoms with Crippen LogP contribution in [-0.2, 0) is 0 Å². The number of para-hydroxylation sites is 1. The van der Waals surface area contributed by atoms with Crippen molar-refractivity contribution in [3.63, 3.8) is 0 Å². The summed E-state index contributed by atoms with van der Waals surface area (Å²) < 4.78 is 5.90. The van der Waals surface area contributed by atoms with Gasteiger partial charge in [0, 0.05) is 5.56 Å². The molecule has 0 N–H and O–H groups in total. The van der Waals surface area contributed by atoms with E-state index in [0.29, 0.717) is 29.4 Å². The molecule has 2 nitrogen and oxygen atoms in total. The average Bonchev–Trinajstić information content (AvgIpc) is 2.56. The van der Waals surface area contributed by atoms with Gasteiger partial charge in [0.05, 0.1) is 12.2 Å². The highest BCUT2D eigenvalue weighted by Gasteiger charge is 2.14. The molecule has 0 amide bonds. The van der Waals surface area contributed by atoms with Gasteiger partial charge in [-0.1, -0.05) is 69.2 Å². The molecule has 0 saturated carbocycles. The summed E-state index contributed by atoms with van der Waals surface area (Å²) in [7, 11) is 0. The minimum absolute atomic E-state index is 0.00995. The Morgan fingerprint density at radius 3 is 2.24 bits per heavy atom. The number of rotatable bonds is 7. The highest BCUT2D eigenvalue weighted by molar-refractivity contribution is 6.10. The first kappa shape index (κ1) is 15.3. The molecule has 0 aliphatic carbocycles. The molecule has 21 heavy (non-hydrogen) atoms. The van der Waals surface area contributed by atoms with Gasteiger partial charge in [0.15, 0.2) is 5.78 Å². The van der Waals surface area contributed by atoms with Crippen LogP contribution in [-0.4, -0.2) is 12.4 Å². The predicted octanol–water partition coefficient (Wildman–Crippen LogP) is 4.73. The van der Waals surface area contributed by atoms with E-state index in [1.165, 1.54) is 0 Å². The van der Waals surface area contributed by atoms with Gasteiger partial charge in [-0.25, -0.2) is 0 Å². The minimum Gasteiger partial charge on any atom is -0.493 e. The smallest absolute Gasteiger partial charge is 0.196 e. The molecule has 0 heterocycles. The van der Waals surface area contributed by atoms with Crippen molar-refractivity contribution in [2.45, 2.75) is 26.7 Å². The van der Waals surface area contributed by atoms with Crippen LogP contribution in [0.15, 0.2) is 54.6 Å². The Labute approximate surface area is 126 Å². The second-order valence-electron chi connectivity index (χ2n) is 5.18. The van der Waals surface area contributed by atoms with Crippen LogP contribution in [0.1, 0.15) is 42.6 Å². The van der Waals surface area contributed by atoms with Gasteiger partial charge in [-0.3, -0.25) is 4.79 Å². The quantitative estimate of drug-likeness (QED) is 0.686. The van der Waals surface area contributed by atoms with Gasteiger partial charge < -0.3 is 4.74 Å². The Hall–Kier alpha value is -2.09.